The number of carbonyl (C=O) groups is 2. The molecule has 0 saturated heterocycles. The fraction of sp³-hybridized carbons (Fsp3) is 0.429. The van der Waals surface area contributed by atoms with Crippen LogP contribution in [0, 0.1) is 0 Å². The van der Waals surface area contributed by atoms with Crippen molar-refractivity contribution in [2.24, 2.45) is 10.3 Å². The van der Waals surface area contributed by atoms with Gasteiger partial charge in [-0.05, 0) is 75.9 Å². The lowest BCUT2D eigenvalue weighted by molar-refractivity contribution is -0.136. The van der Waals surface area contributed by atoms with Gasteiger partial charge in [-0.3, -0.25) is 10.1 Å². The van der Waals surface area contributed by atoms with Gasteiger partial charge in [-0.15, -0.1) is 0 Å². The van der Waals surface area contributed by atoms with Crippen molar-refractivity contribution in [1.82, 2.24) is 5.01 Å². The molecule has 0 radical (unpaired) electrons. The second-order valence-corrected chi connectivity index (χ2v) is 9.64. The van der Waals surface area contributed by atoms with Gasteiger partial charge in [0.25, 0.3) is 5.91 Å². The average molecular weight is 525 g/mol. The number of anilines is 1. The van der Waals surface area contributed by atoms with Gasteiger partial charge in [-0.2, -0.15) is 5.10 Å². The van der Waals surface area contributed by atoms with E-state index in [2.05, 4.69) is 15.6 Å². The Labute approximate surface area is 223 Å². The topological polar surface area (TPSA) is 111 Å². The molecule has 3 rings (SSSR count). The van der Waals surface area contributed by atoms with Crippen LogP contribution in [0.25, 0.3) is 0 Å². The first-order valence-corrected chi connectivity index (χ1v) is 12.6. The molecular formula is C28H36N4O6. The maximum absolute atomic E-state index is 12.7. The molecule has 1 aliphatic heterocycles. The zero-order chi connectivity index (χ0) is 27.5. The van der Waals surface area contributed by atoms with E-state index < -0.39 is 11.7 Å². The molecule has 0 saturated carbocycles. The number of ether oxygens (including phenoxy) is 3. The summed E-state index contributed by atoms with van der Waals surface area (Å²) in [5.41, 5.74) is 2.45. The van der Waals surface area contributed by atoms with Gasteiger partial charge in [0.2, 0.25) is 0 Å². The average Bonchev–Trinajstić information content (AvgIpc) is 2.89. The van der Waals surface area contributed by atoms with Crippen molar-refractivity contribution in [3.63, 3.8) is 0 Å². The number of nitrogens with zero attached hydrogens (tertiary/aromatic N) is 3. The van der Waals surface area contributed by atoms with Crippen LogP contribution in [0.3, 0.4) is 0 Å². The van der Waals surface area contributed by atoms with Crippen LogP contribution < -0.4 is 14.8 Å². The molecule has 2 amide bonds. The Morgan fingerprint density at radius 1 is 1.13 bits per heavy atom. The highest BCUT2D eigenvalue weighted by molar-refractivity contribution is 6.02. The molecule has 1 aliphatic rings. The number of hydrogen-bond donors (Lipinski definition) is 1. The molecule has 1 N–H and O–H groups in total. The number of hydrazone groups is 1. The molecule has 0 fully saturated rings. The van der Waals surface area contributed by atoms with Crippen LogP contribution in [0.5, 0.6) is 11.5 Å². The third-order valence-electron chi connectivity index (χ3n) is 5.29. The van der Waals surface area contributed by atoms with Crippen LogP contribution in [0.1, 0.15) is 58.1 Å². The minimum Gasteiger partial charge on any atom is -0.493 e. The van der Waals surface area contributed by atoms with E-state index in [9.17, 15) is 9.59 Å². The van der Waals surface area contributed by atoms with Crippen molar-refractivity contribution in [3.8, 4) is 11.5 Å². The van der Waals surface area contributed by atoms with Crippen LogP contribution in [0.2, 0.25) is 0 Å². The molecule has 10 heteroatoms. The number of amides is 2. The number of carbonyl (C=O) groups excluding carboxylic acids is 2. The number of methoxy groups -OCH3 is 1. The second-order valence-electron chi connectivity index (χ2n) is 9.64. The highest BCUT2D eigenvalue weighted by Gasteiger charge is 2.21. The van der Waals surface area contributed by atoms with E-state index >= 15 is 0 Å². The van der Waals surface area contributed by atoms with Crippen molar-refractivity contribution >= 4 is 29.6 Å². The van der Waals surface area contributed by atoms with Crippen LogP contribution in [0.15, 0.2) is 52.7 Å². The summed E-state index contributed by atoms with van der Waals surface area (Å²) in [6.45, 7) is 8.30. The Morgan fingerprint density at radius 2 is 1.89 bits per heavy atom. The van der Waals surface area contributed by atoms with Gasteiger partial charge in [0, 0.05) is 17.8 Å². The second kappa shape index (κ2) is 13.5. The van der Waals surface area contributed by atoms with Gasteiger partial charge in [-0.25, -0.2) is 9.80 Å². The number of hydrogen-bond acceptors (Lipinski definition) is 8. The highest BCUT2D eigenvalue weighted by atomic mass is 16.6. The predicted octanol–water partition coefficient (Wildman–Crippen LogP) is 5.21. The van der Waals surface area contributed by atoms with Gasteiger partial charge in [-0.1, -0.05) is 24.2 Å². The molecule has 1 heterocycles. The summed E-state index contributed by atoms with van der Waals surface area (Å²) in [7, 11) is 1.60. The minimum absolute atomic E-state index is 0.237. The molecule has 0 unspecified atom stereocenters. The van der Waals surface area contributed by atoms with E-state index in [1.165, 1.54) is 11.2 Å². The van der Waals surface area contributed by atoms with E-state index in [1.807, 2.05) is 25.1 Å². The number of nitrogens with one attached hydrogen (secondary N) is 1. The van der Waals surface area contributed by atoms with Crippen LogP contribution >= 0.6 is 0 Å². The Balaban J connectivity index is 1.53. The van der Waals surface area contributed by atoms with Gasteiger partial charge < -0.3 is 19.0 Å². The standard InChI is InChI=1S/C28H36N4O6/c1-6-16-36-25-17-21(11-14-24(25)35-5)23-8-7-15-32(31-23)26(33)19-37-29-18-20-9-12-22(13-10-20)30-27(34)38-28(2,3)4/h9-14,17-18H,6-8,15-16,19H2,1-5H3,(H,30,34)/b29-18+. The van der Waals surface area contributed by atoms with Crippen molar-refractivity contribution in [3.05, 3.63) is 53.6 Å². The molecule has 10 nitrogen and oxygen atoms in total. The maximum atomic E-state index is 12.7. The first-order chi connectivity index (χ1) is 18.2. The van der Waals surface area contributed by atoms with Gasteiger partial charge in [0.05, 0.1) is 25.6 Å². The van der Waals surface area contributed by atoms with E-state index in [1.54, 1.807) is 52.1 Å². The zero-order valence-electron chi connectivity index (χ0n) is 22.7. The fourth-order valence-electron chi connectivity index (χ4n) is 3.54. The predicted molar refractivity (Wildman–Crippen MR) is 146 cm³/mol. The summed E-state index contributed by atoms with van der Waals surface area (Å²) in [5, 5.41) is 12.5. The number of oxime groups is 1. The summed E-state index contributed by atoms with van der Waals surface area (Å²) in [5.74, 6) is 1.03. The normalized spacial score (nSPS) is 13.6. The summed E-state index contributed by atoms with van der Waals surface area (Å²) in [6.07, 6.45) is 3.39. The smallest absolute Gasteiger partial charge is 0.412 e. The first kappa shape index (κ1) is 28.5. The van der Waals surface area contributed by atoms with E-state index in [0.29, 0.717) is 30.3 Å². The molecular weight excluding hydrogens is 488 g/mol. The lowest BCUT2D eigenvalue weighted by Gasteiger charge is -2.23. The monoisotopic (exact) mass is 524 g/mol. The Bertz CT molecular complexity index is 1150. The maximum Gasteiger partial charge on any atom is 0.412 e. The summed E-state index contributed by atoms with van der Waals surface area (Å²) >= 11 is 0. The van der Waals surface area contributed by atoms with Crippen molar-refractivity contribution in [2.45, 2.75) is 52.6 Å². The number of rotatable bonds is 10. The molecule has 204 valence electrons. The third-order valence-corrected chi connectivity index (χ3v) is 5.29. The molecule has 0 spiro atoms. The lowest BCUT2D eigenvalue weighted by atomic mass is 10.0. The van der Waals surface area contributed by atoms with Crippen molar-refractivity contribution in [2.75, 3.05) is 32.2 Å². The summed E-state index contributed by atoms with van der Waals surface area (Å²) < 4.78 is 16.4. The quantitative estimate of drug-likeness (QED) is 0.337. The van der Waals surface area contributed by atoms with Gasteiger partial charge in [0.15, 0.2) is 18.1 Å². The Hall–Kier alpha value is -4.08. The molecule has 2 aromatic rings. The summed E-state index contributed by atoms with van der Waals surface area (Å²) in [4.78, 5) is 29.7. The number of benzene rings is 2. The largest absolute Gasteiger partial charge is 0.493 e. The van der Waals surface area contributed by atoms with E-state index in [4.69, 9.17) is 19.0 Å². The first-order valence-electron chi connectivity index (χ1n) is 12.6. The third kappa shape index (κ3) is 8.79. The van der Waals surface area contributed by atoms with Gasteiger partial charge >= 0.3 is 6.09 Å². The van der Waals surface area contributed by atoms with Crippen LogP contribution in [-0.2, 0) is 14.4 Å². The van der Waals surface area contributed by atoms with Crippen molar-refractivity contribution < 1.29 is 28.6 Å². The lowest BCUT2D eigenvalue weighted by Crippen LogP contribution is -2.34. The Morgan fingerprint density at radius 3 is 2.58 bits per heavy atom. The SMILES string of the molecule is CCCOc1cc(C2=NN(C(=O)CO/N=C/c3ccc(NC(=O)OC(C)(C)C)cc3)CCC2)ccc1OC. The Kier molecular flexibility index (Phi) is 10.1. The molecule has 0 aliphatic carbocycles. The van der Waals surface area contributed by atoms with E-state index in [0.717, 1.165) is 36.1 Å². The molecule has 0 bridgehead atoms. The molecule has 0 atom stereocenters. The van der Waals surface area contributed by atoms with Crippen molar-refractivity contribution in [1.29, 1.82) is 0 Å². The minimum atomic E-state index is -0.574. The summed E-state index contributed by atoms with van der Waals surface area (Å²) in [6, 6.07) is 12.6. The fourth-order valence-corrected chi connectivity index (χ4v) is 3.54. The van der Waals surface area contributed by atoms with E-state index in [-0.39, 0.29) is 12.5 Å². The molecule has 38 heavy (non-hydrogen) atoms. The molecule has 2 aromatic carbocycles. The zero-order valence-corrected chi connectivity index (χ0v) is 22.7. The van der Waals surface area contributed by atoms with Crippen LogP contribution in [0.4, 0.5) is 10.5 Å². The van der Waals surface area contributed by atoms with Crippen LogP contribution in [-0.4, -0.2) is 61.4 Å². The molecule has 0 aromatic heterocycles. The van der Waals surface area contributed by atoms with Gasteiger partial charge in [0.1, 0.15) is 5.60 Å². The highest BCUT2D eigenvalue weighted by Crippen LogP contribution is 2.29.